The van der Waals surface area contributed by atoms with E-state index in [1.165, 1.54) is 6.07 Å². The molecule has 1 rings (SSSR count). The van der Waals surface area contributed by atoms with Crippen LogP contribution in [0.5, 0.6) is 0 Å². The molecule has 6 heteroatoms. The summed E-state index contributed by atoms with van der Waals surface area (Å²) in [6.07, 6.45) is 0.957. The Bertz CT molecular complexity index is 543. The van der Waals surface area contributed by atoms with Gasteiger partial charge in [0.25, 0.3) is 0 Å². The van der Waals surface area contributed by atoms with Gasteiger partial charge in [-0.2, -0.15) is 0 Å². The van der Waals surface area contributed by atoms with Crippen LogP contribution >= 0.6 is 0 Å². The third-order valence-corrected chi connectivity index (χ3v) is 5.11. The molecule has 0 saturated carbocycles. The molecule has 0 aliphatic rings. The van der Waals surface area contributed by atoms with E-state index in [4.69, 9.17) is 10.8 Å². The minimum absolute atomic E-state index is 0.0667. The van der Waals surface area contributed by atoms with Gasteiger partial charge in [0.15, 0.2) is 0 Å². The molecule has 0 spiro atoms. The summed E-state index contributed by atoms with van der Waals surface area (Å²) < 4.78 is 27.5. The van der Waals surface area contributed by atoms with E-state index < -0.39 is 15.6 Å². The topological polar surface area (TPSA) is 92.4 Å². The fourth-order valence-corrected chi connectivity index (χ4v) is 3.62. The highest BCUT2D eigenvalue weighted by molar-refractivity contribution is 7.89. The summed E-state index contributed by atoms with van der Waals surface area (Å²) in [5.41, 5.74) is 6.04. The van der Waals surface area contributed by atoms with Gasteiger partial charge in [-0.25, -0.2) is 13.1 Å². The number of anilines is 1. The lowest BCUT2D eigenvalue weighted by atomic mass is 9.97. The normalized spacial score (nSPS) is 15.2. The molecule has 5 nitrogen and oxygen atoms in total. The Hall–Kier alpha value is -1.11. The lowest BCUT2D eigenvalue weighted by Crippen LogP contribution is -2.46. The van der Waals surface area contributed by atoms with Gasteiger partial charge in [-0.05, 0) is 44.4 Å². The molecule has 1 aromatic carbocycles. The van der Waals surface area contributed by atoms with Crippen LogP contribution in [0.25, 0.3) is 0 Å². The van der Waals surface area contributed by atoms with Crippen molar-refractivity contribution in [1.29, 1.82) is 0 Å². The Kier molecular flexibility index (Phi) is 4.95. The van der Waals surface area contributed by atoms with Crippen LogP contribution in [0.2, 0.25) is 0 Å². The van der Waals surface area contributed by atoms with Crippen molar-refractivity contribution >= 4 is 15.7 Å². The maximum Gasteiger partial charge on any atom is 0.241 e. The number of hydrogen-bond acceptors (Lipinski definition) is 4. The minimum Gasteiger partial charge on any atom is -0.399 e. The van der Waals surface area contributed by atoms with E-state index in [1.807, 2.05) is 6.92 Å². The van der Waals surface area contributed by atoms with Crippen molar-refractivity contribution in [3.05, 3.63) is 23.8 Å². The van der Waals surface area contributed by atoms with E-state index in [9.17, 15) is 8.42 Å². The number of nitrogens with two attached hydrogens (primary N) is 1. The molecule has 1 atom stereocenters. The summed E-state index contributed by atoms with van der Waals surface area (Å²) in [5.74, 6) is 0. The van der Waals surface area contributed by atoms with Crippen LogP contribution in [0.4, 0.5) is 5.69 Å². The maximum absolute atomic E-state index is 12.4. The smallest absolute Gasteiger partial charge is 0.241 e. The number of aliphatic hydroxyl groups excluding tert-OH is 1. The predicted octanol–water partition coefficient (Wildman–Crippen LogP) is 1.41. The molecule has 0 aliphatic heterocycles. The van der Waals surface area contributed by atoms with Crippen LogP contribution in [0.3, 0.4) is 0 Å². The van der Waals surface area contributed by atoms with Gasteiger partial charge in [0.05, 0.1) is 4.90 Å². The first-order valence-electron chi connectivity index (χ1n) is 6.25. The number of nitrogen functional groups attached to an aromatic ring is 1. The molecule has 4 N–H and O–H groups in total. The summed E-state index contributed by atoms with van der Waals surface area (Å²) in [5, 5.41) is 9.04. The fourth-order valence-electron chi connectivity index (χ4n) is 1.83. The van der Waals surface area contributed by atoms with Gasteiger partial charge in [0.2, 0.25) is 10.0 Å². The van der Waals surface area contributed by atoms with Gasteiger partial charge in [0, 0.05) is 17.8 Å². The molecule has 19 heavy (non-hydrogen) atoms. The molecule has 1 aromatic rings. The molecular formula is C13H22N2O3S. The Morgan fingerprint density at radius 1 is 1.42 bits per heavy atom. The number of aliphatic hydroxyl groups is 1. The molecule has 0 aromatic heterocycles. The molecule has 0 fully saturated rings. The Morgan fingerprint density at radius 2 is 2.05 bits per heavy atom. The summed E-state index contributed by atoms with van der Waals surface area (Å²) >= 11 is 0. The molecule has 0 aliphatic carbocycles. The highest BCUT2D eigenvalue weighted by Crippen LogP contribution is 2.22. The molecule has 0 radical (unpaired) electrons. The van der Waals surface area contributed by atoms with Crippen molar-refractivity contribution in [2.24, 2.45) is 0 Å². The van der Waals surface area contributed by atoms with Crippen molar-refractivity contribution in [2.75, 3.05) is 12.3 Å². The Labute approximate surface area is 114 Å². The van der Waals surface area contributed by atoms with E-state index in [0.29, 0.717) is 24.1 Å². The third kappa shape index (κ3) is 3.92. The Balaban J connectivity index is 3.14. The third-order valence-electron chi connectivity index (χ3n) is 3.33. The van der Waals surface area contributed by atoms with Gasteiger partial charge in [-0.1, -0.05) is 13.0 Å². The number of sulfonamides is 1. The molecule has 108 valence electrons. The van der Waals surface area contributed by atoms with E-state index in [0.717, 1.165) is 0 Å². The maximum atomic E-state index is 12.4. The van der Waals surface area contributed by atoms with E-state index >= 15 is 0 Å². The lowest BCUT2D eigenvalue weighted by molar-refractivity contribution is 0.233. The monoisotopic (exact) mass is 286 g/mol. The molecule has 0 heterocycles. The minimum atomic E-state index is -3.65. The quantitative estimate of drug-likeness (QED) is 0.689. The van der Waals surface area contributed by atoms with Gasteiger partial charge in [-0.3, -0.25) is 0 Å². The number of aryl methyl sites for hydroxylation is 1. The van der Waals surface area contributed by atoms with Crippen molar-refractivity contribution < 1.29 is 13.5 Å². The van der Waals surface area contributed by atoms with Crippen molar-refractivity contribution in [3.8, 4) is 0 Å². The van der Waals surface area contributed by atoms with Crippen LogP contribution in [0.15, 0.2) is 23.1 Å². The molecule has 0 bridgehead atoms. The van der Waals surface area contributed by atoms with E-state index in [2.05, 4.69) is 4.72 Å². The van der Waals surface area contributed by atoms with Crippen LogP contribution in [-0.4, -0.2) is 25.7 Å². The molecular weight excluding hydrogens is 264 g/mol. The zero-order chi connectivity index (χ0) is 14.7. The standard InChI is InChI=1S/C13H22N2O3S/c1-4-13(3,7-8-16)15-19(17,18)12-9-11(14)6-5-10(12)2/h5-6,9,15-16H,4,7-8,14H2,1-3H3. The number of rotatable bonds is 6. The summed E-state index contributed by atoms with van der Waals surface area (Å²) in [4.78, 5) is 0.185. The van der Waals surface area contributed by atoms with Crippen LogP contribution in [0, 0.1) is 6.92 Å². The highest BCUT2D eigenvalue weighted by atomic mass is 32.2. The second kappa shape index (κ2) is 5.90. The second-order valence-electron chi connectivity index (χ2n) is 5.02. The van der Waals surface area contributed by atoms with E-state index in [-0.39, 0.29) is 11.5 Å². The van der Waals surface area contributed by atoms with Crippen LogP contribution in [-0.2, 0) is 10.0 Å². The predicted molar refractivity (Wildman–Crippen MR) is 76.3 cm³/mol. The second-order valence-corrected chi connectivity index (χ2v) is 6.67. The average molecular weight is 286 g/mol. The van der Waals surface area contributed by atoms with Crippen LogP contribution in [0.1, 0.15) is 32.3 Å². The molecule has 1 unspecified atom stereocenters. The van der Waals surface area contributed by atoms with Crippen LogP contribution < -0.4 is 10.5 Å². The SMILES string of the molecule is CCC(C)(CCO)NS(=O)(=O)c1cc(N)ccc1C. The van der Waals surface area contributed by atoms with Gasteiger partial charge in [0.1, 0.15) is 0 Å². The Morgan fingerprint density at radius 3 is 2.58 bits per heavy atom. The average Bonchev–Trinajstić information content (AvgIpc) is 2.31. The number of benzene rings is 1. The summed E-state index contributed by atoms with van der Waals surface area (Å²) in [6, 6.07) is 4.80. The van der Waals surface area contributed by atoms with Crippen molar-refractivity contribution in [3.63, 3.8) is 0 Å². The zero-order valence-electron chi connectivity index (χ0n) is 11.6. The van der Waals surface area contributed by atoms with E-state index in [1.54, 1.807) is 26.0 Å². The fraction of sp³-hybridized carbons (Fsp3) is 0.538. The van der Waals surface area contributed by atoms with Gasteiger partial charge in [-0.15, -0.1) is 0 Å². The molecule has 0 saturated heterocycles. The van der Waals surface area contributed by atoms with Gasteiger partial charge >= 0.3 is 0 Å². The summed E-state index contributed by atoms with van der Waals surface area (Å²) in [7, 11) is -3.65. The van der Waals surface area contributed by atoms with Crippen molar-refractivity contribution in [1.82, 2.24) is 4.72 Å². The largest absolute Gasteiger partial charge is 0.399 e. The first-order chi connectivity index (χ1) is 8.74. The first kappa shape index (κ1) is 15.9. The number of nitrogens with one attached hydrogen (secondary N) is 1. The lowest BCUT2D eigenvalue weighted by Gasteiger charge is -2.29. The zero-order valence-corrected chi connectivity index (χ0v) is 12.4. The number of hydrogen-bond donors (Lipinski definition) is 3. The summed E-state index contributed by atoms with van der Waals surface area (Å²) in [6.45, 7) is 5.32. The highest BCUT2D eigenvalue weighted by Gasteiger charge is 2.29. The van der Waals surface area contributed by atoms with Crippen molar-refractivity contribution in [2.45, 2.75) is 44.0 Å². The molecule has 0 amide bonds. The van der Waals surface area contributed by atoms with Gasteiger partial charge < -0.3 is 10.8 Å². The first-order valence-corrected chi connectivity index (χ1v) is 7.73.